The molecule has 5 heteroatoms. The monoisotopic (exact) mass is 263 g/mol. The lowest BCUT2D eigenvalue weighted by Crippen LogP contribution is -2.33. The number of alkyl halides is 2. The van der Waals surface area contributed by atoms with Crippen molar-refractivity contribution in [2.24, 2.45) is 5.73 Å². The summed E-state index contributed by atoms with van der Waals surface area (Å²) < 4.78 is -1.29. The fourth-order valence-corrected chi connectivity index (χ4v) is 3.34. The van der Waals surface area contributed by atoms with Crippen LogP contribution in [-0.2, 0) is 0 Å². The van der Waals surface area contributed by atoms with Gasteiger partial charge in [-0.2, -0.15) is 0 Å². The molecule has 82 valence electrons. The first-order chi connectivity index (χ1) is 7.00. The first kappa shape index (κ1) is 11.4. The SMILES string of the molecule is NC(Cl)(Cl)C1CCCC(=O)c2sccc21. The predicted molar refractivity (Wildman–Crippen MR) is 63.9 cm³/mol. The fourth-order valence-electron chi connectivity index (χ4n) is 1.96. The van der Waals surface area contributed by atoms with E-state index in [-0.39, 0.29) is 11.7 Å². The minimum atomic E-state index is -1.29. The lowest BCUT2D eigenvalue weighted by molar-refractivity contribution is 0.0986. The number of fused-ring (bicyclic) bond motifs is 1. The van der Waals surface area contributed by atoms with Crippen LogP contribution in [0.5, 0.6) is 0 Å². The van der Waals surface area contributed by atoms with Gasteiger partial charge in [0.05, 0.1) is 4.88 Å². The molecule has 1 heterocycles. The standard InChI is InChI=1S/C10H11Cl2NOS/c11-10(12,13)7-2-1-3-8(14)9-6(7)4-5-15-9/h4-5,7H,1-3,13H2. The lowest BCUT2D eigenvalue weighted by Gasteiger charge is -2.24. The van der Waals surface area contributed by atoms with Crippen molar-refractivity contribution in [1.82, 2.24) is 0 Å². The molecule has 0 saturated carbocycles. The van der Waals surface area contributed by atoms with Crippen molar-refractivity contribution in [3.05, 3.63) is 21.9 Å². The van der Waals surface area contributed by atoms with Crippen molar-refractivity contribution in [2.45, 2.75) is 29.6 Å². The molecule has 2 N–H and O–H groups in total. The maximum Gasteiger partial charge on any atom is 0.173 e. The number of hydrogen-bond acceptors (Lipinski definition) is 3. The number of hydrogen-bond donors (Lipinski definition) is 1. The Balaban J connectivity index is 2.45. The highest BCUT2D eigenvalue weighted by molar-refractivity contribution is 7.12. The third kappa shape index (κ3) is 2.21. The molecule has 0 fully saturated rings. The lowest BCUT2D eigenvalue weighted by atomic mass is 9.96. The zero-order chi connectivity index (χ0) is 11.1. The van der Waals surface area contributed by atoms with Crippen LogP contribution in [-0.4, -0.2) is 10.2 Å². The molecule has 0 aliphatic heterocycles. The van der Waals surface area contributed by atoms with Crippen molar-refractivity contribution in [3.63, 3.8) is 0 Å². The van der Waals surface area contributed by atoms with E-state index in [1.165, 1.54) is 11.3 Å². The Hall–Kier alpha value is -0.0900. The van der Waals surface area contributed by atoms with Gasteiger partial charge in [-0.25, -0.2) is 0 Å². The number of Topliss-reactive ketones (excluding diaryl/α,β-unsaturated/α-hetero) is 1. The van der Waals surface area contributed by atoms with Gasteiger partial charge in [-0.3, -0.25) is 10.5 Å². The summed E-state index contributed by atoms with van der Waals surface area (Å²) in [4.78, 5) is 12.5. The van der Waals surface area contributed by atoms with Gasteiger partial charge in [-0.15, -0.1) is 11.3 Å². The molecule has 0 bridgehead atoms. The molecule has 1 aromatic rings. The highest BCUT2D eigenvalue weighted by Gasteiger charge is 2.36. The minimum absolute atomic E-state index is 0.145. The second kappa shape index (κ2) is 4.06. The third-order valence-electron chi connectivity index (χ3n) is 2.69. The molecular formula is C10H11Cl2NOS. The zero-order valence-corrected chi connectivity index (χ0v) is 10.3. The van der Waals surface area contributed by atoms with Gasteiger partial charge in [0.2, 0.25) is 0 Å². The predicted octanol–water partition coefficient (Wildman–Crippen LogP) is 3.29. The topological polar surface area (TPSA) is 43.1 Å². The van der Waals surface area contributed by atoms with Gasteiger partial charge in [0.15, 0.2) is 10.2 Å². The maximum absolute atomic E-state index is 11.7. The number of halogens is 2. The largest absolute Gasteiger partial charge is 0.300 e. The van der Waals surface area contributed by atoms with Gasteiger partial charge >= 0.3 is 0 Å². The van der Waals surface area contributed by atoms with Crippen LogP contribution in [0.4, 0.5) is 0 Å². The summed E-state index contributed by atoms with van der Waals surface area (Å²) in [5.41, 5.74) is 6.64. The van der Waals surface area contributed by atoms with E-state index in [0.29, 0.717) is 6.42 Å². The van der Waals surface area contributed by atoms with Gasteiger partial charge in [0, 0.05) is 12.3 Å². The van der Waals surface area contributed by atoms with E-state index < -0.39 is 4.46 Å². The Bertz CT molecular complexity index is 383. The average Bonchev–Trinajstić information content (AvgIpc) is 2.52. The van der Waals surface area contributed by atoms with Crippen molar-refractivity contribution in [2.75, 3.05) is 0 Å². The van der Waals surface area contributed by atoms with Gasteiger partial charge in [-0.05, 0) is 29.9 Å². The number of rotatable bonds is 1. The highest BCUT2D eigenvalue weighted by atomic mass is 35.5. The van der Waals surface area contributed by atoms with Crippen LogP contribution in [0.3, 0.4) is 0 Å². The van der Waals surface area contributed by atoms with Crippen LogP contribution in [0.2, 0.25) is 0 Å². The Kier molecular flexibility index (Phi) is 3.08. The molecule has 1 aliphatic carbocycles. The molecule has 0 spiro atoms. The van der Waals surface area contributed by atoms with Gasteiger partial charge < -0.3 is 0 Å². The molecule has 0 amide bonds. The number of carbonyl (C=O) groups excluding carboxylic acids is 1. The van der Waals surface area contributed by atoms with E-state index in [1.807, 2.05) is 11.4 Å². The maximum atomic E-state index is 11.7. The fraction of sp³-hybridized carbons (Fsp3) is 0.500. The van der Waals surface area contributed by atoms with Crippen LogP contribution >= 0.6 is 34.5 Å². The van der Waals surface area contributed by atoms with Gasteiger partial charge in [0.1, 0.15) is 0 Å². The van der Waals surface area contributed by atoms with Crippen molar-refractivity contribution in [3.8, 4) is 0 Å². The Morgan fingerprint density at radius 3 is 2.93 bits per heavy atom. The first-order valence-corrected chi connectivity index (χ1v) is 6.41. The smallest absolute Gasteiger partial charge is 0.173 e. The van der Waals surface area contributed by atoms with Gasteiger partial charge in [-0.1, -0.05) is 23.2 Å². The summed E-state index contributed by atoms with van der Waals surface area (Å²) in [5.74, 6) is 0.0358. The molecule has 0 aromatic carbocycles. The van der Waals surface area contributed by atoms with E-state index in [0.717, 1.165) is 23.3 Å². The van der Waals surface area contributed by atoms with Crippen LogP contribution in [0.25, 0.3) is 0 Å². The van der Waals surface area contributed by atoms with E-state index in [1.54, 1.807) is 0 Å². The van der Waals surface area contributed by atoms with Crippen molar-refractivity contribution in [1.29, 1.82) is 0 Å². The molecule has 15 heavy (non-hydrogen) atoms. The van der Waals surface area contributed by atoms with Crippen LogP contribution in [0.1, 0.15) is 40.4 Å². The van der Waals surface area contributed by atoms with Gasteiger partial charge in [0.25, 0.3) is 0 Å². The number of thiophene rings is 1. The molecule has 1 aromatic heterocycles. The summed E-state index contributed by atoms with van der Waals surface area (Å²) in [5, 5.41) is 1.89. The normalized spacial score (nSPS) is 22.3. The summed E-state index contributed by atoms with van der Waals surface area (Å²) in [6.45, 7) is 0. The van der Waals surface area contributed by atoms with Crippen molar-refractivity contribution < 1.29 is 4.79 Å². The Morgan fingerprint density at radius 1 is 1.53 bits per heavy atom. The van der Waals surface area contributed by atoms with Crippen LogP contribution in [0, 0.1) is 0 Å². The second-order valence-electron chi connectivity index (χ2n) is 3.75. The quantitative estimate of drug-likeness (QED) is 0.480. The minimum Gasteiger partial charge on any atom is -0.300 e. The molecule has 0 radical (unpaired) electrons. The van der Waals surface area contributed by atoms with E-state index in [4.69, 9.17) is 28.9 Å². The molecule has 1 atom stereocenters. The molecule has 0 saturated heterocycles. The van der Waals surface area contributed by atoms with Crippen LogP contribution < -0.4 is 5.73 Å². The molecule has 1 unspecified atom stereocenters. The zero-order valence-electron chi connectivity index (χ0n) is 8.00. The van der Waals surface area contributed by atoms with Crippen LogP contribution in [0.15, 0.2) is 11.4 Å². The third-order valence-corrected chi connectivity index (χ3v) is 4.18. The highest BCUT2D eigenvalue weighted by Crippen LogP contribution is 2.42. The molecule has 1 aliphatic rings. The summed E-state index contributed by atoms with van der Waals surface area (Å²) >= 11 is 13.4. The summed E-state index contributed by atoms with van der Waals surface area (Å²) in [6.07, 6.45) is 2.12. The second-order valence-corrected chi connectivity index (χ2v) is 6.11. The first-order valence-electron chi connectivity index (χ1n) is 4.77. The summed E-state index contributed by atoms with van der Waals surface area (Å²) in [7, 11) is 0. The average molecular weight is 264 g/mol. The van der Waals surface area contributed by atoms with E-state index in [2.05, 4.69) is 0 Å². The van der Waals surface area contributed by atoms with Crippen molar-refractivity contribution >= 4 is 40.3 Å². The number of ketones is 1. The molecular weight excluding hydrogens is 253 g/mol. The molecule has 2 rings (SSSR count). The number of nitrogens with two attached hydrogens (primary N) is 1. The Labute approximate surface area is 102 Å². The van der Waals surface area contributed by atoms with E-state index >= 15 is 0 Å². The molecule has 2 nitrogen and oxygen atoms in total. The summed E-state index contributed by atoms with van der Waals surface area (Å²) in [6, 6.07) is 1.90. The number of carbonyl (C=O) groups is 1. The van der Waals surface area contributed by atoms with E-state index in [9.17, 15) is 4.79 Å². The Morgan fingerprint density at radius 2 is 2.27 bits per heavy atom.